The lowest BCUT2D eigenvalue weighted by Crippen LogP contribution is -2.46. The summed E-state index contributed by atoms with van der Waals surface area (Å²) in [5, 5.41) is 23.8. The van der Waals surface area contributed by atoms with E-state index in [4.69, 9.17) is 11.6 Å². The van der Waals surface area contributed by atoms with E-state index in [1.165, 1.54) is 23.9 Å². The standard InChI is InChI=1S/C51H53ClF4N6O7S3/c1-33-47(50(64)65)48(49(59(33)2)34-11-13-36(52)14-12-34)35-7-6-8-38(29-35)61-25-27-62(28-26-61)39-15-17-44(43(53)30-39)58-72(68,69)42-16-18-45(46(31-42)71(66,67)51(54,55)56)57-37(32-70-41-9-4-3-5-10-41)19-22-60-23-20-40(63)21-24-60/h3-18,29-31,37,40,57-58,63H,19-28,32H2,1-2H3,(H,64,65)/t37-/m1/s1. The van der Waals surface area contributed by atoms with Gasteiger partial charge in [-0.25, -0.2) is 26.0 Å². The van der Waals surface area contributed by atoms with Gasteiger partial charge in [0.15, 0.2) is 0 Å². The van der Waals surface area contributed by atoms with Crippen molar-refractivity contribution < 1.29 is 49.4 Å². The second kappa shape index (κ2) is 21.8. The number of piperidine rings is 1. The number of anilines is 4. The van der Waals surface area contributed by atoms with Crippen LogP contribution < -0.4 is 19.8 Å². The van der Waals surface area contributed by atoms with Crippen molar-refractivity contribution in [3.63, 3.8) is 0 Å². The number of rotatable bonds is 17. The van der Waals surface area contributed by atoms with Crippen LogP contribution in [0.1, 0.15) is 35.3 Å². The van der Waals surface area contributed by atoms with Crippen molar-refractivity contribution in [3.05, 3.63) is 137 Å². The molecule has 1 aromatic heterocycles. The largest absolute Gasteiger partial charge is 0.501 e. The Labute approximate surface area is 425 Å². The van der Waals surface area contributed by atoms with Crippen LogP contribution in [0.2, 0.25) is 5.02 Å². The Morgan fingerprint density at radius 3 is 2.07 bits per heavy atom. The molecule has 5 aromatic carbocycles. The number of sulfone groups is 1. The molecule has 0 aliphatic carbocycles. The molecule has 13 nitrogen and oxygen atoms in total. The number of piperazine rings is 1. The Morgan fingerprint density at radius 2 is 1.44 bits per heavy atom. The number of thioether (sulfide) groups is 1. The molecule has 1 atom stereocenters. The highest BCUT2D eigenvalue weighted by molar-refractivity contribution is 7.99. The zero-order valence-electron chi connectivity index (χ0n) is 39.2. The first-order valence-electron chi connectivity index (χ1n) is 23.1. The van der Waals surface area contributed by atoms with Crippen LogP contribution in [-0.2, 0) is 26.9 Å². The van der Waals surface area contributed by atoms with Crippen molar-refractivity contribution in [2.45, 2.75) is 58.5 Å². The van der Waals surface area contributed by atoms with E-state index in [2.05, 4.69) is 19.8 Å². The van der Waals surface area contributed by atoms with Gasteiger partial charge in [-0.05, 0) is 110 Å². The van der Waals surface area contributed by atoms with Gasteiger partial charge in [-0.15, -0.1) is 11.8 Å². The van der Waals surface area contributed by atoms with Crippen molar-refractivity contribution in [1.29, 1.82) is 0 Å². The first kappa shape index (κ1) is 52.5. The van der Waals surface area contributed by atoms with Crippen LogP contribution in [0.3, 0.4) is 0 Å². The highest BCUT2D eigenvalue weighted by Crippen LogP contribution is 2.41. The molecule has 382 valence electrons. The van der Waals surface area contributed by atoms with Gasteiger partial charge in [-0.2, -0.15) is 13.2 Å². The summed E-state index contributed by atoms with van der Waals surface area (Å²) in [5.41, 5.74) is -1.89. The fraction of sp³-hybridized carbons (Fsp3) is 0.314. The van der Waals surface area contributed by atoms with Crippen LogP contribution in [0, 0.1) is 12.7 Å². The van der Waals surface area contributed by atoms with E-state index in [-0.39, 0.29) is 5.56 Å². The Hall–Kier alpha value is -5.77. The number of aromatic carboxylic acids is 1. The second-order valence-electron chi connectivity index (χ2n) is 17.8. The number of benzene rings is 5. The van der Waals surface area contributed by atoms with Crippen LogP contribution in [0.25, 0.3) is 22.4 Å². The third-order valence-electron chi connectivity index (χ3n) is 13.1. The molecule has 21 heteroatoms. The number of likely N-dealkylation sites (tertiary alicyclic amines) is 1. The molecule has 0 radical (unpaired) electrons. The van der Waals surface area contributed by atoms with E-state index in [0.717, 1.165) is 40.0 Å². The molecule has 0 bridgehead atoms. The van der Waals surface area contributed by atoms with Crippen molar-refractivity contribution in [3.8, 4) is 22.4 Å². The molecule has 2 fully saturated rings. The lowest BCUT2D eigenvalue weighted by Gasteiger charge is -2.37. The molecule has 72 heavy (non-hydrogen) atoms. The monoisotopic (exact) mass is 1070 g/mol. The van der Waals surface area contributed by atoms with Crippen molar-refractivity contribution in [1.82, 2.24) is 9.47 Å². The zero-order valence-corrected chi connectivity index (χ0v) is 42.4. The number of sulfonamides is 1. The average Bonchev–Trinajstić information content (AvgIpc) is 3.63. The van der Waals surface area contributed by atoms with E-state index in [0.29, 0.717) is 104 Å². The molecule has 2 aliphatic heterocycles. The third kappa shape index (κ3) is 11.7. The summed E-state index contributed by atoms with van der Waals surface area (Å²) in [6.07, 6.45) is 1.12. The van der Waals surface area contributed by atoms with Crippen LogP contribution in [-0.4, -0.2) is 112 Å². The minimum atomic E-state index is -6.11. The molecule has 4 N–H and O–H groups in total. The molecule has 0 amide bonds. The Balaban J connectivity index is 0.977. The second-order valence-corrected chi connectivity index (χ2v) is 22.9. The molecular weight excluding hydrogens is 1020 g/mol. The fourth-order valence-corrected chi connectivity index (χ4v) is 12.3. The van der Waals surface area contributed by atoms with Gasteiger partial charge in [0, 0.05) is 97.2 Å². The number of aliphatic hydroxyl groups is 1. The van der Waals surface area contributed by atoms with Crippen molar-refractivity contribution in [2.24, 2.45) is 7.05 Å². The van der Waals surface area contributed by atoms with Gasteiger partial charge >= 0.3 is 11.5 Å². The third-order valence-corrected chi connectivity index (χ3v) is 17.4. The molecular formula is C51H53ClF4N6O7S3. The minimum Gasteiger partial charge on any atom is -0.478 e. The molecule has 6 aromatic rings. The molecule has 2 saturated heterocycles. The maximum absolute atomic E-state index is 15.9. The maximum atomic E-state index is 15.9. The minimum absolute atomic E-state index is 0.183. The van der Waals surface area contributed by atoms with E-state index >= 15 is 4.39 Å². The van der Waals surface area contributed by atoms with Gasteiger partial charge in [-0.1, -0.05) is 54.1 Å². The van der Waals surface area contributed by atoms with E-state index < -0.39 is 70.5 Å². The topological polar surface area (TPSA) is 165 Å². The summed E-state index contributed by atoms with van der Waals surface area (Å²) < 4.78 is 116. The number of aliphatic hydroxyl groups excluding tert-OH is 1. The predicted octanol–water partition coefficient (Wildman–Crippen LogP) is 10.00. The normalized spacial score (nSPS) is 15.7. The number of carbonyl (C=O) groups is 1. The SMILES string of the molecule is Cc1c(C(=O)O)c(-c2cccc(N3CCN(c4ccc(NS(=O)(=O)c5ccc(N[C@H](CCN6CCC(O)CC6)CSc6ccccc6)c(S(=O)(=O)C(F)(F)F)c5)c(F)c4)CC3)c2)c(-c2ccc(Cl)cc2)n1C. The molecule has 2 aliphatic rings. The summed E-state index contributed by atoms with van der Waals surface area (Å²) in [6.45, 7) is 5.35. The quantitative estimate of drug-likeness (QED) is 0.0506. The summed E-state index contributed by atoms with van der Waals surface area (Å²) in [6, 6.07) is 29.7. The van der Waals surface area contributed by atoms with E-state index in [9.17, 15) is 45.0 Å². The van der Waals surface area contributed by atoms with Gasteiger partial charge in [0.25, 0.3) is 19.9 Å². The van der Waals surface area contributed by atoms with Gasteiger partial charge < -0.3 is 34.8 Å². The number of alkyl halides is 3. The first-order valence-corrected chi connectivity index (χ1v) is 27.4. The number of aromatic nitrogens is 1. The number of hydrogen-bond acceptors (Lipinski definition) is 11. The average molecular weight is 1070 g/mol. The summed E-state index contributed by atoms with van der Waals surface area (Å²) in [4.78, 5) is 17.6. The summed E-state index contributed by atoms with van der Waals surface area (Å²) in [5.74, 6) is -1.71. The molecule has 3 heterocycles. The highest BCUT2D eigenvalue weighted by Gasteiger charge is 2.48. The van der Waals surface area contributed by atoms with Gasteiger partial charge in [-0.3, -0.25) is 4.72 Å². The van der Waals surface area contributed by atoms with Crippen LogP contribution in [0.5, 0.6) is 0 Å². The lowest BCUT2D eigenvalue weighted by molar-refractivity contribution is -0.0436. The number of carboxylic acids is 1. The Morgan fingerprint density at radius 1 is 0.806 bits per heavy atom. The smallest absolute Gasteiger partial charge is 0.478 e. The predicted molar refractivity (Wildman–Crippen MR) is 275 cm³/mol. The van der Waals surface area contributed by atoms with Gasteiger partial charge in [0.05, 0.1) is 33.6 Å². The van der Waals surface area contributed by atoms with E-state index in [1.807, 2.05) is 83.2 Å². The van der Waals surface area contributed by atoms with Crippen molar-refractivity contribution >= 4 is 71.9 Å². The van der Waals surface area contributed by atoms with Crippen LogP contribution in [0.15, 0.2) is 130 Å². The number of hydrogen-bond donors (Lipinski definition) is 4. The molecule has 8 rings (SSSR count). The highest BCUT2D eigenvalue weighted by atomic mass is 35.5. The number of nitrogens with one attached hydrogen (secondary N) is 2. The number of nitrogens with zero attached hydrogens (tertiary/aromatic N) is 4. The Kier molecular flexibility index (Phi) is 15.9. The lowest BCUT2D eigenvalue weighted by atomic mass is 9.96. The van der Waals surface area contributed by atoms with Gasteiger partial charge in [0.2, 0.25) is 0 Å². The zero-order chi connectivity index (χ0) is 51.5. The van der Waals surface area contributed by atoms with Crippen LogP contribution >= 0.6 is 23.4 Å². The summed E-state index contributed by atoms with van der Waals surface area (Å²) >= 11 is 7.59. The van der Waals surface area contributed by atoms with E-state index in [1.54, 1.807) is 19.1 Å². The summed E-state index contributed by atoms with van der Waals surface area (Å²) in [7, 11) is -9.14. The number of halogens is 5. The molecule has 0 saturated carbocycles. The van der Waals surface area contributed by atoms with Crippen molar-refractivity contribution in [2.75, 3.05) is 71.4 Å². The van der Waals surface area contributed by atoms with Crippen LogP contribution in [0.4, 0.5) is 40.3 Å². The number of carboxylic acid groups (broad SMARTS) is 1. The molecule has 0 unspecified atom stereocenters. The maximum Gasteiger partial charge on any atom is 0.501 e. The molecule has 0 spiro atoms. The fourth-order valence-electron chi connectivity index (χ4n) is 9.11. The Bertz CT molecular complexity index is 3150. The van der Waals surface area contributed by atoms with Gasteiger partial charge in [0.1, 0.15) is 10.7 Å². The first-order chi connectivity index (χ1) is 34.2.